The van der Waals surface area contributed by atoms with Gasteiger partial charge in [-0.1, -0.05) is 48.9 Å². The maximum absolute atomic E-state index is 13.3. The first-order chi connectivity index (χ1) is 17.0. The standard InChI is InChI=1S/C27H31N3O4S/c31-27(19-22-9-6-8-21-7-2-3-10-24(21)22)28-25-20-23(35(32,33)30-13-4-1-5-14-30)11-12-26(25)29-15-17-34-18-16-29/h2-3,6-12,20H,1,4-5,13-19H2,(H,28,31). The maximum atomic E-state index is 13.3. The van der Waals surface area contributed by atoms with Crippen LogP contribution in [0.1, 0.15) is 24.8 Å². The third-order valence-corrected chi connectivity index (χ3v) is 8.67. The van der Waals surface area contributed by atoms with Crippen molar-refractivity contribution in [2.24, 2.45) is 0 Å². The van der Waals surface area contributed by atoms with Gasteiger partial charge in [0.1, 0.15) is 0 Å². The topological polar surface area (TPSA) is 79.0 Å². The highest BCUT2D eigenvalue weighted by atomic mass is 32.2. The Kier molecular flexibility index (Phi) is 7.04. The molecule has 2 fully saturated rings. The predicted octanol–water partition coefficient (Wildman–Crippen LogP) is 4.03. The smallest absolute Gasteiger partial charge is 0.243 e. The van der Waals surface area contributed by atoms with Gasteiger partial charge in [0.25, 0.3) is 0 Å². The highest BCUT2D eigenvalue weighted by Crippen LogP contribution is 2.32. The molecule has 1 amide bonds. The molecule has 2 saturated heterocycles. The monoisotopic (exact) mass is 493 g/mol. The predicted molar refractivity (Wildman–Crippen MR) is 138 cm³/mol. The first-order valence-corrected chi connectivity index (χ1v) is 13.7. The van der Waals surface area contributed by atoms with E-state index in [1.165, 1.54) is 0 Å². The van der Waals surface area contributed by atoms with Crippen molar-refractivity contribution < 1.29 is 17.9 Å². The number of anilines is 2. The van der Waals surface area contributed by atoms with Gasteiger partial charge in [0.15, 0.2) is 0 Å². The maximum Gasteiger partial charge on any atom is 0.243 e. The van der Waals surface area contributed by atoms with Gasteiger partial charge in [-0.25, -0.2) is 8.42 Å². The third kappa shape index (κ3) is 5.19. The molecule has 2 aliphatic heterocycles. The average molecular weight is 494 g/mol. The summed E-state index contributed by atoms with van der Waals surface area (Å²) in [6.45, 7) is 3.63. The lowest BCUT2D eigenvalue weighted by Gasteiger charge is -2.31. The van der Waals surface area contributed by atoms with E-state index in [2.05, 4.69) is 10.2 Å². The van der Waals surface area contributed by atoms with Crippen molar-refractivity contribution in [1.82, 2.24) is 4.31 Å². The Hall–Kier alpha value is -2.94. The molecular formula is C27H31N3O4S. The minimum atomic E-state index is -3.62. The molecule has 2 aliphatic rings. The van der Waals surface area contributed by atoms with E-state index in [4.69, 9.17) is 4.74 Å². The van der Waals surface area contributed by atoms with Crippen LogP contribution in [0, 0.1) is 0 Å². The van der Waals surface area contributed by atoms with E-state index in [0.29, 0.717) is 45.1 Å². The highest BCUT2D eigenvalue weighted by molar-refractivity contribution is 7.89. The third-order valence-electron chi connectivity index (χ3n) is 6.78. The molecule has 2 heterocycles. The fourth-order valence-electron chi connectivity index (χ4n) is 4.92. The molecule has 0 atom stereocenters. The molecule has 3 aromatic rings. The molecule has 184 valence electrons. The van der Waals surface area contributed by atoms with Gasteiger partial charge in [-0.2, -0.15) is 4.31 Å². The number of hydrogen-bond donors (Lipinski definition) is 1. The number of piperidine rings is 1. The second-order valence-electron chi connectivity index (χ2n) is 9.11. The lowest BCUT2D eigenvalue weighted by atomic mass is 10.0. The molecule has 0 bridgehead atoms. The number of nitrogens with zero attached hydrogens (tertiary/aromatic N) is 2. The molecule has 3 aromatic carbocycles. The number of hydrogen-bond acceptors (Lipinski definition) is 5. The zero-order valence-electron chi connectivity index (χ0n) is 19.8. The molecule has 0 aromatic heterocycles. The van der Waals surface area contributed by atoms with E-state index >= 15 is 0 Å². The molecule has 35 heavy (non-hydrogen) atoms. The van der Waals surface area contributed by atoms with E-state index in [1.807, 2.05) is 48.5 Å². The lowest BCUT2D eigenvalue weighted by Crippen LogP contribution is -2.37. The van der Waals surface area contributed by atoms with Crippen LogP contribution >= 0.6 is 0 Å². The molecule has 0 aliphatic carbocycles. The zero-order chi connectivity index (χ0) is 24.3. The molecule has 0 spiro atoms. The molecule has 5 rings (SSSR count). The van der Waals surface area contributed by atoms with Crippen LogP contribution in [0.2, 0.25) is 0 Å². The quantitative estimate of drug-likeness (QED) is 0.561. The summed E-state index contributed by atoms with van der Waals surface area (Å²) in [6, 6.07) is 19.0. The number of ether oxygens (including phenoxy) is 1. The summed E-state index contributed by atoms with van der Waals surface area (Å²) in [6.07, 6.45) is 3.00. The molecule has 0 saturated carbocycles. The minimum Gasteiger partial charge on any atom is -0.378 e. The van der Waals surface area contributed by atoms with Crippen LogP contribution in [0.4, 0.5) is 11.4 Å². The van der Waals surface area contributed by atoms with Crippen LogP contribution in [-0.2, 0) is 26.0 Å². The Balaban J connectivity index is 1.45. The number of sulfonamides is 1. The number of fused-ring (bicyclic) bond motifs is 1. The first kappa shape index (κ1) is 23.8. The number of amides is 1. The Bertz CT molecular complexity index is 1310. The van der Waals surface area contributed by atoms with Crippen molar-refractivity contribution in [3.05, 3.63) is 66.2 Å². The second-order valence-corrected chi connectivity index (χ2v) is 11.0. The van der Waals surface area contributed by atoms with Gasteiger partial charge >= 0.3 is 0 Å². The van der Waals surface area contributed by atoms with Gasteiger partial charge in [-0.3, -0.25) is 4.79 Å². The van der Waals surface area contributed by atoms with Gasteiger partial charge in [0.2, 0.25) is 15.9 Å². The molecule has 0 radical (unpaired) electrons. The summed E-state index contributed by atoms with van der Waals surface area (Å²) < 4.78 is 33.7. The lowest BCUT2D eigenvalue weighted by molar-refractivity contribution is -0.115. The second kappa shape index (κ2) is 10.4. The van der Waals surface area contributed by atoms with E-state index in [0.717, 1.165) is 41.3 Å². The molecule has 7 nitrogen and oxygen atoms in total. The van der Waals surface area contributed by atoms with E-state index in [1.54, 1.807) is 16.4 Å². The zero-order valence-corrected chi connectivity index (χ0v) is 20.6. The Labute approximate surface area is 206 Å². The fourth-order valence-corrected chi connectivity index (χ4v) is 6.47. The van der Waals surface area contributed by atoms with Crippen molar-refractivity contribution in [2.45, 2.75) is 30.6 Å². The largest absolute Gasteiger partial charge is 0.378 e. The number of morpholine rings is 1. The van der Waals surface area contributed by atoms with Gasteiger partial charge in [-0.15, -0.1) is 0 Å². The van der Waals surface area contributed by atoms with Crippen LogP contribution in [0.3, 0.4) is 0 Å². The van der Waals surface area contributed by atoms with E-state index in [9.17, 15) is 13.2 Å². The number of benzene rings is 3. The van der Waals surface area contributed by atoms with Crippen LogP contribution in [0.5, 0.6) is 0 Å². The Morgan fingerprint density at radius 1 is 0.886 bits per heavy atom. The average Bonchev–Trinajstić information content (AvgIpc) is 2.90. The van der Waals surface area contributed by atoms with Gasteiger partial charge in [0, 0.05) is 26.2 Å². The SMILES string of the molecule is O=C(Cc1cccc2ccccc12)Nc1cc(S(=O)(=O)N2CCCCC2)ccc1N1CCOCC1. The molecular weight excluding hydrogens is 462 g/mol. The summed E-state index contributed by atoms with van der Waals surface area (Å²) >= 11 is 0. The number of carbonyl (C=O) groups is 1. The Morgan fingerprint density at radius 3 is 2.43 bits per heavy atom. The number of rotatable bonds is 6. The highest BCUT2D eigenvalue weighted by Gasteiger charge is 2.27. The molecule has 0 unspecified atom stereocenters. The minimum absolute atomic E-state index is 0.177. The van der Waals surface area contributed by atoms with Gasteiger partial charge < -0.3 is 15.0 Å². The van der Waals surface area contributed by atoms with Crippen LogP contribution in [0.25, 0.3) is 10.8 Å². The summed E-state index contributed by atoms with van der Waals surface area (Å²) in [7, 11) is -3.62. The first-order valence-electron chi connectivity index (χ1n) is 12.3. The molecule has 1 N–H and O–H groups in total. The van der Waals surface area contributed by atoms with Crippen molar-refractivity contribution in [3.8, 4) is 0 Å². The fraction of sp³-hybridized carbons (Fsp3) is 0.370. The van der Waals surface area contributed by atoms with Crippen molar-refractivity contribution in [1.29, 1.82) is 0 Å². The summed E-state index contributed by atoms with van der Waals surface area (Å²) in [5, 5.41) is 5.16. The number of nitrogens with one attached hydrogen (secondary N) is 1. The summed E-state index contributed by atoms with van der Waals surface area (Å²) in [5.74, 6) is -0.177. The van der Waals surface area contributed by atoms with E-state index < -0.39 is 10.0 Å². The van der Waals surface area contributed by atoms with Crippen LogP contribution in [0.15, 0.2) is 65.6 Å². The van der Waals surface area contributed by atoms with Gasteiger partial charge in [0.05, 0.1) is 35.9 Å². The Morgan fingerprint density at radius 2 is 1.63 bits per heavy atom. The van der Waals surface area contributed by atoms with E-state index in [-0.39, 0.29) is 17.2 Å². The van der Waals surface area contributed by atoms with Gasteiger partial charge in [-0.05, 0) is 47.4 Å². The summed E-state index contributed by atoms with van der Waals surface area (Å²) in [5.41, 5.74) is 2.28. The normalized spacial score (nSPS) is 17.4. The molecule has 8 heteroatoms. The van der Waals surface area contributed by atoms with Crippen LogP contribution < -0.4 is 10.2 Å². The van der Waals surface area contributed by atoms with Crippen molar-refractivity contribution >= 4 is 38.1 Å². The number of carbonyl (C=O) groups excluding carboxylic acids is 1. The summed E-state index contributed by atoms with van der Waals surface area (Å²) in [4.78, 5) is 15.6. The van der Waals surface area contributed by atoms with Crippen molar-refractivity contribution in [2.75, 3.05) is 49.6 Å². The van der Waals surface area contributed by atoms with Crippen molar-refractivity contribution in [3.63, 3.8) is 0 Å². The van der Waals surface area contributed by atoms with Crippen LogP contribution in [-0.4, -0.2) is 58.0 Å².